The lowest BCUT2D eigenvalue weighted by atomic mass is 9.88. The molecule has 12 heteroatoms. The van der Waals surface area contributed by atoms with Gasteiger partial charge >= 0.3 is 18.0 Å². The fraction of sp³-hybridized carbons (Fsp3) is 1.00. The van der Waals surface area contributed by atoms with Crippen molar-refractivity contribution in [1.29, 1.82) is 0 Å². The van der Waals surface area contributed by atoms with Crippen LogP contribution in [0.15, 0.2) is 0 Å². The van der Waals surface area contributed by atoms with Crippen molar-refractivity contribution in [3.05, 3.63) is 0 Å². The third-order valence-corrected chi connectivity index (χ3v) is 3.56. The Morgan fingerprint density at radius 3 is 1.57 bits per heavy atom. The molecule has 0 radical (unpaired) electrons. The fourth-order valence-corrected chi connectivity index (χ4v) is 2.42. The van der Waals surface area contributed by atoms with E-state index in [-0.39, 0.29) is 0 Å². The van der Waals surface area contributed by atoms with E-state index in [1.54, 1.807) is 0 Å². The first-order valence-electron chi connectivity index (χ1n) is 5.59. The van der Waals surface area contributed by atoms with Crippen LogP contribution in [0.25, 0.3) is 0 Å². The van der Waals surface area contributed by atoms with Crippen molar-refractivity contribution in [2.45, 2.75) is 56.7 Å². The third kappa shape index (κ3) is 4.80. The summed E-state index contributed by atoms with van der Waals surface area (Å²) in [7, 11) is -5.86. The molecule has 0 aliphatic heterocycles. The van der Waals surface area contributed by atoms with Crippen LogP contribution in [0.1, 0.15) is 33.1 Å². The Morgan fingerprint density at radius 1 is 0.952 bits per heavy atom. The standard InChI is InChI=1S/C9H14F7O4P/c1-3-6(4-2,20-21(17,18)19)5-7(10,11)8(12,13)9(14,15)16/h3-5H2,1-2H3,(H2,17,18,19)/p-2. The molecule has 0 saturated carbocycles. The SMILES string of the molecule is CCC(CC)(CC(F)(F)C(F)(F)C(F)(F)F)OP(=O)([O-])[O-]. The normalized spacial score (nSPS) is 15.4. The number of rotatable bonds is 7. The summed E-state index contributed by atoms with van der Waals surface area (Å²) in [5.41, 5.74) is -2.64. The maximum absolute atomic E-state index is 13.3. The van der Waals surface area contributed by atoms with Crippen LogP contribution in [-0.2, 0) is 9.09 Å². The molecule has 0 aliphatic carbocycles. The van der Waals surface area contributed by atoms with Crippen LogP contribution >= 0.6 is 7.82 Å². The Balaban J connectivity index is 5.59. The molecule has 0 unspecified atom stereocenters. The van der Waals surface area contributed by atoms with E-state index in [9.17, 15) is 45.1 Å². The highest BCUT2D eigenvalue weighted by Crippen LogP contribution is 2.52. The van der Waals surface area contributed by atoms with Crippen molar-refractivity contribution in [2.75, 3.05) is 0 Å². The Bertz CT molecular complexity index is 399. The summed E-state index contributed by atoms with van der Waals surface area (Å²) in [6.07, 6.45) is -10.2. The smallest absolute Gasteiger partial charge is 0.459 e. The molecule has 0 fully saturated rings. The number of alkyl halides is 7. The first-order chi connectivity index (χ1) is 9.04. The predicted molar refractivity (Wildman–Crippen MR) is 52.6 cm³/mol. The summed E-state index contributed by atoms with van der Waals surface area (Å²) in [5, 5.41) is 0. The summed E-state index contributed by atoms with van der Waals surface area (Å²) in [4.78, 5) is 21.0. The van der Waals surface area contributed by atoms with E-state index in [1.807, 2.05) is 0 Å². The minimum Gasteiger partial charge on any atom is -0.790 e. The van der Waals surface area contributed by atoms with Gasteiger partial charge in [0.2, 0.25) is 0 Å². The van der Waals surface area contributed by atoms with E-state index >= 15 is 0 Å². The lowest BCUT2D eigenvalue weighted by Gasteiger charge is -2.44. The number of phosphoric acid groups is 1. The molecule has 21 heavy (non-hydrogen) atoms. The van der Waals surface area contributed by atoms with Gasteiger partial charge in [0.05, 0.1) is 13.4 Å². The molecule has 0 N–H and O–H groups in total. The first kappa shape index (κ1) is 20.6. The molecule has 4 nitrogen and oxygen atoms in total. The second-order valence-corrected chi connectivity index (χ2v) is 5.46. The second-order valence-electron chi connectivity index (χ2n) is 4.38. The van der Waals surface area contributed by atoms with E-state index in [0.717, 1.165) is 13.8 Å². The largest absolute Gasteiger partial charge is 0.790 e. The van der Waals surface area contributed by atoms with Crippen LogP contribution in [0.4, 0.5) is 30.7 Å². The van der Waals surface area contributed by atoms with Crippen molar-refractivity contribution in [3.8, 4) is 0 Å². The molecule has 0 aromatic heterocycles. The second kappa shape index (κ2) is 6.02. The average molecular weight is 348 g/mol. The number of halogens is 7. The fourth-order valence-electron chi connectivity index (χ4n) is 1.62. The Labute approximate surface area is 115 Å². The molecule has 0 rings (SSSR count). The van der Waals surface area contributed by atoms with Crippen molar-refractivity contribution in [3.63, 3.8) is 0 Å². The van der Waals surface area contributed by atoms with Gasteiger partial charge in [-0.15, -0.1) is 0 Å². The van der Waals surface area contributed by atoms with Gasteiger partial charge in [-0.1, -0.05) is 13.8 Å². The highest BCUT2D eigenvalue weighted by molar-refractivity contribution is 7.43. The van der Waals surface area contributed by atoms with Gasteiger partial charge in [-0.25, -0.2) is 0 Å². The summed E-state index contributed by atoms with van der Waals surface area (Å²) < 4.78 is 102. The topological polar surface area (TPSA) is 72.4 Å². The molecule has 0 spiro atoms. The molecule has 0 amide bonds. The monoisotopic (exact) mass is 348 g/mol. The van der Waals surface area contributed by atoms with Crippen LogP contribution in [0, 0.1) is 0 Å². The zero-order valence-electron chi connectivity index (χ0n) is 10.8. The van der Waals surface area contributed by atoms with Crippen molar-refractivity contribution < 1.29 is 49.6 Å². The Kier molecular flexibility index (Phi) is 5.91. The van der Waals surface area contributed by atoms with Crippen molar-refractivity contribution in [2.24, 2.45) is 0 Å². The molecule has 0 aromatic rings. The maximum atomic E-state index is 13.3. The van der Waals surface area contributed by atoms with Gasteiger partial charge in [0.15, 0.2) is 0 Å². The zero-order valence-corrected chi connectivity index (χ0v) is 11.7. The quantitative estimate of drug-likeness (QED) is 0.524. The zero-order chi connectivity index (χ0) is 17.3. The average Bonchev–Trinajstić information content (AvgIpc) is 2.24. The minimum absolute atomic E-state index is 0.679. The van der Waals surface area contributed by atoms with Crippen molar-refractivity contribution in [1.82, 2.24) is 0 Å². The van der Waals surface area contributed by atoms with Crippen LogP contribution in [0.5, 0.6) is 0 Å². The van der Waals surface area contributed by atoms with E-state index in [0.29, 0.717) is 0 Å². The van der Waals surface area contributed by atoms with Crippen molar-refractivity contribution >= 4 is 7.82 Å². The lowest BCUT2D eigenvalue weighted by Crippen LogP contribution is -2.55. The number of hydrogen-bond acceptors (Lipinski definition) is 4. The van der Waals surface area contributed by atoms with Gasteiger partial charge in [-0.3, -0.25) is 0 Å². The highest BCUT2D eigenvalue weighted by Gasteiger charge is 2.73. The van der Waals surface area contributed by atoms with Crippen LogP contribution in [0.2, 0.25) is 0 Å². The van der Waals surface area contributed by atoms with Gasteiger partial charge in [0.25, 0.3) is 0 Å². The molecular formula is C9H12F7O4P-2. The number of hydrogen-bond donors (Lipinski definition) is 0. The van der Waals surface area contributed by atoms with Crippen LogP contribution < -0.4 is 9.79 Å². The van der Waals surface area contributed by atoms with E-state index in [1.165, 1.54) is 0 Å². The molecule has 0 aliphatic rings. The lowest BCUT2D eigenvalue weighted by molar-refractivity contribution is -0.369. The Morgan fingerprint density at radius 2 is 1.33 bits per heavy atom. The van der Waals surface area contributed by atoms with Crippen LogP contribution in [-0.4, -0.2) is 23.6 Å². The predicted octanol–water partition coefficient (Wildman–Crippen LogP) is 2.61. The first-order valence-corrected chi connectivity index (χ1v) is 7.05. The van der Waals surface area contributed by atoms with Gasteiger partial charge in [-0.2, -0.15) is 30.7 Å². The van der Waals surface area contributed by atoms with Crippen LogP contribution in [0.3, 0.4) is 0 Å². The van der Waals surface area contributed by atoms with Gasteiger partial charge in [0.1, 0.15) is 0 Å². The molecule has 128 valence electrons. The molecule has 0 heterocycles. The molecule has 0 bridgehead atoms. The van der Waals surface area contributed by atoms with Gasteiger partial charge in [0, 0.05) is 6.42 Å². The minimum atomic E-state index is -6.54. The molecule has 0 aromatic carbocycles. The number of phosphoric ester groups is 1. The van der Waals surface area contributed by atoms with Gasteiger partial charge in [-0.05, 0) is 12.8 Å². The summed E-state index contributed by atoms with van der Waals surface area (Å²) in [6, 6.07) is 0. The molecule has 0 atom stereocenters. The summed E-state index contributed by atoms with van der Waals surface area (Å²) in [5.74, 6) is -12.0. The maximum Gasteiger partial charge on any atom is 0.459 e. The molecule has 0 saturated heterocycles. The van der Waals surface area contributed by atoms with E-state index in [4.69, 9.17) is 0 Å². The van der Waals surface area contributed by atoms with E-state index in [2.05, 4.69) is 4.52 Å². The highest BCUT2D eigenvalue weighted by atomic mass is 31.2. The van der Waals surface area contributed by atoms with E-state index < -0.39 is 50.7 Å². The molecular weight excluding hydrogens is 336 g/mol. The Hall–Kier alpha value is -0.380. The summed E-state index contributed by atoms with van der Waals surface area (Å²) in [6.45, 7) is 2.03. The van der Waals surface area contributed by atoms with Gasteiger partial charge < -0.3 is 18.9 Å². The third-order valence-electron chi connectivity index (χ3n) is 2.95. The summed E-state index contributed by atoms with van der Waals surface area (Å²) >= 11 is 0.